The molecule has 7 heteroatoms. The first-order chi connectivity index (χ1) is 9.36. The number of benzene rings is 1. The maximum absolute atomic E-state index is 12.6. The van der Waals surface area contributed by atoms with Crippen molar-refractivity contribution in [3.05, 3.63) is 36.2 Å². The molecule has 1 aromatic carbocycles. The summed E-state index contributed by atoms with van der Waals surface area (Å²) in [7, 11) is 1.69. The van der Waals surface area contributed by atoms with Gasteiger partial charge < -0.3 is 10.2 Å². The summed E-state index contributed by atoms with van der Waals surface area (Å²) in [6, 6.07) is 5.72. The third kappa shape index (κ3) is 1.91. The Balaban J connectivity index is 2.13. The molecule has 4 nitrogen and oxygen atoms in total. The van der Waals surface area contributed by atoms with Gasteiger partial charge in [-0.2, -0.15) is 18.3 Å². The van der Waals surface area contributed by atoms with Gasteiger partial charge in [0, 0.05) is 18.0 Å². The van der Waals surface area contributed by atoms with Crippen LogP contribution < -0.4 is 5.73 Å². The van der Waals surface area contributed by atoms with Gasteiger partial charge in [0.25, 0.3) is 0 Å². The maximum Gasteiger partial charge on any atom is 0.449 e. The van der Waals surface area contributed by atoms with Crippen molar-refractivity contribution in [3.63, 3.8) is 0 Å². The van der Waals surface area contributed by atoms with Gasteiger partial charge in [-0.3, -0.25) is 4.68 Å². The Kier molecular flexibility index (Phi) is 2.53. The maximum atomic E-state index is 12.6. The van der Waals surface area contributed by atoms with Gasteiger partial charge in [-0.25, -0.2) is 0 Å². The van der Waals surface area contributed by atoms with E-state index in [2.05, 4.69) is 5.10 Å². The van der Waals surface area contributed by atoms with Gasteiger partial charge >= 0.3 is 6.18 Å². The van der Waals surface area contributed by atoms with Crippen LogP contribution in [0.25, 0.3) is 22.1 Å². The monoisotopic (exact) mass is 281 g/mol. The fourth-order valence-corrected chi connectivity index (χ4v) is 2.02. The molecule has 0 aliphatic carbocycles. The number of anilines is 1. The molecule has 0 atom stereocenters. The van der Waals surface area contributed by atoms with E-state index in [1.54, 1.807) is 25.4 Å². The molecule has 2 heterocycles. The van der Waals surface area contributed by atoms with Gasteiger partial charge in [-0.15, -0.1) is 0 Å². The van der Waals surface area contributed by atoms with Crippen LogP contribution in [0.3, 0.4) is 0 Å². The Morgan fingerprint density at radius 1 is 1.25 bits per heavy atom. The van der Waals surface area contributed by atoms with Gasteiger partial charge in [0.1, 0.15) is 11.4 Å². The number of halogens is 3. The molecule has 0 spiro atoms. The highest BCUT2D eigenvalue weighted by atomic mass is 19.4. The van der Waals surface area contributed by atoms with Crippen molar-refractivity contribution in [2.75, 3.05) is 5.73 Å². The molecule has 0 aliphatic rings. The summed E-state index contributed by atoms with van der Waals surface area (Å²) < 4.78 is 44.0. The molecular weight excluding hydrogens is 271 g/mol. The average Bonchev–Trinajstić information content (AvgIpc) is 2.93. The Morgan fingerprint density at radius 3 is 2.60 bits per heavy atom. The van der Waals surface area contributed by atoms with Gasteiger partial charge in [0.2, 0.25) is 5.76 Å². The number of nitrogens with two attached hydrogens (primary N) is 1. The summed E-state index contributed by atoms with van der Waals surface area (Å²) in [6.07, 6.45) is -2.92. The van der Waals surface area contributed by atoms with Crippen LogP contribution in [0.4, 0.5) is 19.0 Å². The van der Waals surface area contributed by atoms with Gasteiger partial charge in [-0.05, 0) is 23.8 Å². The Morgan fingerprint density at radius 2 is 2.00 bits per heavy atom. The number of furan rings is 1. The van der Waals surface area contributed by atoms with Crippen LogP contribution in [-0.4, -0.2) is 9.78 Å². The Bertz CT molecular complexity index is 786. The summed E-state index contributed by atoms with van der Waals surface area (Å²) in [4.78, 5) is 0. The summed E-state index contributed by atoms with van der Waals surface area (Å²) in [5.74, 6) is -0.562. The SMILES string of the molecule is Cn1ncc(-c2ccc3oc(C(F)(F)F)cc3c2)c1N. The zero-order valence-electron chi connectivity index (χ0n) is 10.4. The molecule has 2 N–H and O–H groups in total. The number of nitrogens with zero attached hydrogens (tertiary/aromatic N) is 2. The normalized spacial score (nSPS) is 12.2. The van der Waals surface area contributed by atoms with Crippen molar-refractivity contribution in [2.45, 2.75) is 6.18 Å². The largest absolute Gasteiger partial charge is 0.452 e. The second-order valence-corrected chi connectivity index (χ2v) is 4.43. The first kappa shape index (κ1) is 12.6. The molecule has 0 saturated carbocycles. The van der Waals surface area contributed by atoms with Crippen molar-refractivity contribution in [2.24, 2.45) is 7.05 Å². The minimum Gasteiger partial charge on any atom is -0.452 e. The number of fused-ring (bicyclic) bond motifs is 1. The standard InChI is InChI=1S/C13H10F3N3O/c1-19-12(17)9(6-18-19)7-2-3-10-8(4-7)5-11(20-10)13(14,15)16/h2-6H,17H2,1H3. The number of nitrogen functional groups attached to an aromatic ring is 1. The molecule has 20 heavy (non-hydrogen) atoms. The lowest BCUT2D eigenvalue weighted by Crippen LogP contribution is -2.01. The molecule has 0 aliphatic heterocycles. The first-order valence-corrected chi connectivity index (χ1v) is 5.75. The Hall–Kier alpha value is -2.44. The van der Waals surface area contributed by atoms with Crippen LogP contribution in [0.2, 0.25) is 0 Å². The fraction of sp³-hybridized carbons (Fsp3) is 0.154. The number of aromatic nitrogens is 2. The summed E-state index contributed by atoms with van der Waals surface area (Å²) in [5.41, 5.74) is 7.40. The van der Waals surface area contributed by atoms with E-state index in [4.69, 9.17) is 10.2 Å². The molecule has 0 bridgehead atoms. The molecular formula is C13H10F3N3O. The third-order valence-corrected chi connectivity index (χ3v) is 3.09. The van der Waals surface area contributed by atoms with Crippen molar-refractivity contribution in [3.8, 4) is 11.1 Å². The quantitative estimate of drug-likeness (QED) is 0.743. The van der Waals surface area contributed by atoms with Crippen LogP contribution in [0.5, 0.6) is 0 Å². The topological polar surface area (TPSA) is 57.0 Å². The van der Waals surface area contributed by atoms with Crippen LogP contribution in [0, 0.1) is 0 Å². The molecule has 0 amide bonds. The highest BCUT2D eigenvalue weighted by Crippen LogP contribution is 2.35. The summed E-state index contributed by atoms with van der Waals surface area (Å²) in [5, 5.41) is 4.38. The van der Waals surface area contributed by atoms with Crippen molar-refractivity contribution < 1.29 is 17.6 Å². The van der Waals surface area contributed by atoms with E-state index < -0.39 is 11.9 Å². The molecule has 3 rings (SSSR count). The summed E-state index contributed by atoms with van der Waals surface area (Å²) >= 11 is 0. The van der Waals surface area contributed by atoms with E-state index in [0.29, 0.717) is 22.3 Å². The smallest absolute Gasteiger partial charge is 0.449 e. The number of aryl methyl sites for hydroxylation is 1. The second kappa shape index (κ2) is 4.03. The lowest BCUT2D eigenvalue weighted by molar-refractivity contribution is -0.152. The molecule has 0 fully saturated rings. The van der Waals surface area contributed by atoms with Crippen molar-refractivity contribution in [1.82, 2.24) is 9.78 Å². The van der Waals surface area contributed by atoms with Crippen molar-refractivity contribution in [1.29, 1.82) is 0 Å². The molecule has 0 radical (unpaired) electrons. The van der Waals surface area contributed by atoms with Crippen molar-refractivity contribution >= 4 is 16.8 Å². The van der Waals surface area contributed by atoms with Gasteiger partial charge in [-0.1, -0.05) is 6.07 Å². The average molecular weight is 281 g/mol. The van der Waals surface area contributed by atoms with Gasteiger partial charge in [0.05, 0.1) is 6.20 Å². The fourth-order valence-electron chi connectivity index (χ4n) is 2.02. The zero-order valence-corrected chi connectivity index (χ0v) is 10.4. The highest BCUT2D eigenvalue weighted by Gasteiger charge is 2.35. The highest BCUT2D eigenvalue weighted by molar-refractivity contribution is 5.86. The number of hydrogen-bond donors (Lipinski definition) is 1. The van der Waals surface area contributed by atoms with Crippen LogP contribution >= 0.6 is 0 Å². The minimum atomic E-state index is -4.49. The number of hydrogen-bond acceptors (Lipinski definition) is 3. The van der Waals surface area contributed by atoms with Gasteiger partial charge in [0.15, 0.2) is 0 Å². The zero-order chi connectivity index (χ0) is 14.5. The molecule has 104 valence electrons. The van der Waals surface area contributed by atoms with E-state index in [1.807, 2.05) is 0 Å². The predicted octanol–water partition coefficient (Wildman–Crippen LogP) is 3.43. The molecule has 0 unspecified atom stereocenters. The second-order valence-electron chi connectivity index (χ2n) is 4.43. The molecule has 0 saturated heterocycles. The molecule has 2 aromatic heterocycles. The first-order valence-electron chi connectivity index (χ1n) is 5.75. The summed E-state index contributed by atoms with van der Waals surface area (Å²) in [6.45, 7) is 0. The van der Waals surface area contributed by atoms with E-state index in [1.165, 1.54) is 10.7 Å². The van der Waals surface area contributed by atoms with Crippen LogP contribution in [-0.2, 0) is 13.2 Å². The van der Waals surface area contributed by atoms with E-state index in [-0.39, 0.29) is 5.58 Å². The molecule has 3 aromatic rings. The number of alkyl halides is 3. The lowest BCUT2D eigenvalue weighted by atomic mass is 10.1. The number of rotatable bonds is 1. The minimum absolute atomic E-state index is 0.184. The third-order valence-electron chi connectivity index (χ3n) is 3.09. The Labute approximate surface area is 111 Å². The predicted molar refractivity (Wildman–Crippen MR) is 67.8 cm³/mol. The van der Waals surface area contributed by atoms with E-state index in [9.17, 15) is 13.2 Å². The van der Waals surface area contributed by atoms with E-state index in [0.717, 1.165) is 6.07 Å². The van der Waals surface area contributed by atoms with Crippen LogP contribution in [0.15, 0.2) is 34.9 Å². The van der Waals surface area contributed by atoms with Crippen LogP contribution in [0.1, 0.15) is 5.76 Å². The lowest BCUT2D eigenvalue weighted by Gasteiger charge is -2.00. The van der Waals surface area contributed by atoms with E-state index >= 15 is 0 Å².